The third kappa shape index (κ3) is 4.35. The van der Waals surface area contributed by atoms with Gasteiger partial charge in [-0.15, -0.1) is 0 Å². The van der Waals surface area contributed by atoms with Crippen molar-refractivity contribution in [3.63, 3.8) is 0 Å². The Morgan fingerprint density at radius 3 is 2.86 bits per heavy atom. The molecule has 0 amide bonds. The number of anilines is 1. The van der Waals surface area contributed by atoms with E-state index in [1.807, 2.05) is 0 Å². The Balaban J connectivity index is 1.57. The van der Waals surface area contributed by atoms with Crippen molar-refractivity contribution in [2.75, 3.05) is 31.7 Å². The fourth-order valence-corrected chi connectivity index (χ4v) is 3.30. The predicted octanol–water partition coefficient (Wildman–Crippen LogP) is 3.45. The SMILES string of the molecule is CN(CC1CCCOC1)c1ccc(CNC2CC2)cc1Cl. The maximum absolute atomic E-state index is 6.47. The first-order valence-corrected chi connectivity index (χ1v) is 8.41. The average Bonchev–Trinajstić information content (AvgIpc) is 3.30. The highest BCUT2D eigenvalue weighted by Crippen LogP contribution is 2.28. The van der Waals surface area contributed by atoms with Crippen LogP contribution in [0.5, 0.6) is 0 Å². The summed E-state index contributed by atoms with van der Waals surface area (Å²) >= 11 is 6.47. The lowest BCUT2D eigenvalue weighted by Gasteiger charge is -2.29. The van der Waals surface area contributed by atoms with Crippen LogP contribution >= 0.6 is 11.6 Å². The Bertz CT molecular complexity index is 470. The molecule has 0 spiro atoms. The van der Waals surface area contributed by atoms with E-state index < -0.39 is 0 Å². The zero-order valence-corrected chi connectivity index (χ0v) is 13.5. The molecule has 1 aliphatic carbocycles. The molecule has 2 aliphatic rings. The lowest BCUT2D eigenvalue weighted by molar-refractivity contribution is 0.0576. The molecule has 0 bridgehead atoms. The fourth-order valence-electron chi connectivity index (χ4n) is 2.96. The summed E-state index contributed by atoms with van der Waals surface area (Å²) in [6, 6.07) is 7.16. The lowest BCUT2D eigenvalue weighted by Crippen LogP contribution is -2.31. The summed E-state index contributed by atoms with van der Waals surface area (Å²) < 4.78 is 5.56. The third-order valence-electron chi connectivity index (χ3n) is 4.38. The number of hydrogen-bond acceptors (Lipinski definition) is 3. The largest absolute Gasteiger partial charge is 0.381 e. The van der Waals surface area contributed by atoms with E-state index in [4.69, 9.17) is 16.3 Å². The van der Waals surface area contributed by atoms with Gasteiger partial charge in [-0.3, -0.25) is 0 Å². The van der Waals surface area contributed by atoms with Crippen LogP contribution in [0.3, 0.4) is 0 Å². The summed E-state index contributed by atoms with van der Waals surface area (Å²) in [7, 11) is 2.12. The molecule has 3 rings (SSSR count). The highest BCUT2D eigenvalue weighted by atomic mass is 35.5. The Hall–Kier alpha value is -0.770. The van der Waals surface area contributed by atoms with E-state index in [2.05, 4.69) is 35.5 Å². The number of hydrogen-bond donors (Lipinski definition) is 1. The molecule has 1 N–H and O–H groups in total. The molecule has 2 fully saturated rings. The van der Waals surface area contributed by atoms with Crippen LogP contribution < -0.4 is 10.2 Å². The monoisotopic (exact) mass is 308 g/mol. The second-order valence-electron chi connectivity index (χ2n) is 6.40. The van der Waals surface area contributed by atoms with Crippen molar-refractivity contribution in [3.05, 3.63) is 28.8 Å². The van der Waals surface area contributed by atoms with Crippen LogP contribution in [0.2, 0.25) is 5.02 Å². The van der Waals surface area contributed by atoms with Gasteiger partial charge in [-0.05, 0) is 49.3 Å². The molecule has 1 saturated heterocycles. The third-order valence-corrected chi connectivity index (χ3v) is 4.68. The second-order valence-corrected chi connectivity index (χ2v) is 6.81. The highest BCUT2D eigenvalue weighted by Gasteiger charge is 2.20. The van der Waals surface area contributed by atoms with Crippen LogP contribution in [0, 0.1) is 5.92 Å². The molecule has 1 aliphatic heterocycles. The normalized spacial score (nSPS) is 22.3. The smallest absolute Gasteiger partial charge is 0.0642 e. The number of nitrogens with one attached hydrogen (secondary N) is 1. The molecule has 1 aromatic carbocycles. The minimum Gasteiger partial charge on any atom is -0.381 e. The molecule has 1 saturated carbocycles. The summed E-state index contributed by atoms with van der Waals surface area (Å²) in [4.78, 5) is 2.26. The van der Waals surface area contributed by atoms with Crippen LogP contribution in [0.1, 0.15) is 31.2 Å². The summed E-state index contributed by atoms with van der Waals surface area (Å²) in [5.41, 5.74) is 2.39. The predicted molar refractivity (Wildman–Crippen MR) is 88.1 cm³/mol. The van der Waals surface area contributed by atoms with Gasteiger partial charge in [0.15, 0.2) is 0 Å². The molecular weight excluding hydrogens is 284 g/mol. The van der Waals surface area contributed by atoms with E-state index in [1.165, 1.54) is 31.2 Å². The molecule has 21 heavy (non-hydrogen) atoms. The van der Waals surface area contributed by atoms with Gasteiger partial charge in [-0.1, -0.05) is 17.7 Å². The number of nitrogens with zero attached hydrogens (tertiary/aromatic N) is 1. The van der Waals surface area contributed by atoms with Gasteiger partial charge in [0.25, 0.3) is 0 Å². The van der Waals surface area contributed by atoms with Gasteiger partial charge in [0.1, 0.15) is 0 Å². The summed E-state index contributed by atoms with van der Waals surface area (Å²) in [6.07, 6.45) is 5.07. The number of halogens is 1. The van der Waals surface area contributed by atoms with Crippen molar-refractivity contribution in [2.24, 2.45) is 5.92 Å². The van der Waals surface area contributed by atoms with Crippen LogP contribution in [0.25, 0.3) is 0 Å². The molecule has 116 valence electrons. The van der Waals surface area contributed by atoms with Gasteiger partial charge in [-0.25, -0.2) is 0 Å². The summed E-state index contributed by atoms with van der Waals surface area (Å²) in [5, 5.41) is 4.38. The van der Waals surface area contributed by atoms with Gasteiger partial charge >= 0.3 is 0 Å². The van der Waals surface area contributed by atoms with Gasteiger partial charge in [0.2, 0.25) is 0 Å². The highest BCUT2D eigenvalue weighted by molar-refractivity contribution is 6.33. The van der Waals surface area contributed by atoms with E-state index in [0.717, 1.165) is 43.1 Å². The van der Waals surface area contributed by atoms with E-state index >= 15 is 0 Å². The van der Waals surface area contributed by atoms with Crippen molar-refractivity contribution in [1.29, 1.82) is 0 Å². The standard InChI is InChI=1S/C17H25ClN2O/c1-20(11-14-3-2-8-21-12-14)17-7-4-13(9-16(17)18)10-19-15-5-6-15/h4,7,9,14-15,19H,2-3,5-6,8,10-12H2,1H3. The minimum atomic E-state index is 0.621. The molecule has 1 aromatic rings. The van der Waals surface area contributed by atoms with Gasteiger partial charge in [-0.2, -0.15) is 0 Å². The van der Waals surface area contributed by atoms with Gasteiger partial charge in [0.05, 0.1) is 17.3 Å². The topological polar surface area (TPSA) is 24.5 Å². The molecule has 1 atom stereocenters. The van der Waals surface area contributed by atoms with Crippen LogP contribution in [-0.2, 0) is 11.3 Å². The molecule has 4 heteroatoms. The van der Waals surface area contributed by atoms with Crippen LogP contribution in [0.15, 0.2) is 18.2 Å². The van der Waals surface area contributed by atoms with Crippen molar-refractivity contribution in [1.82, 2.24) is 5.32 Å². The number of ether oxygens (including phenoxy) is 1. The first kappa shape index (κ1) is 15.1. The number of benzene rings is 1. The van der Waals surface area contributed by atoms with Crippen LogP contribution in [0.4, 0.5) is 5.69 Å². The average molecular weight is 309 g/mol. The Morgan fingerprint density at radius 1 is 1.33 bits per heavy atom. The quantitative estimate of drug-likeness (QED) is 0.871. The second kappa shape index (κ2) is 6.99. The van der Waals surface area contributed by atoms with Crippen molar-refractivity contribution < 1.29 is 4.74 Å². The molecule has 1 unspecified atom stereocenters. The zero-order chi connectivity index (χ0) is 14.7. The maximum atomic E-state index is 6.47. The van der Waals surface area contributed by atoms with Crippen molar-refractivity contribution >= 4 is 17.3 Å². The summed E-state index contributed by atoms with van der Waals surface area (Å²) in [6.45, 7) is 3.74. The Morgan fingerprint density at radius 2 is 2.19 bits per heavy atom. The molecule has 0 radical (unpaired) electrons. The molecule has 1 heterocycles. The zero-order valence-electron chi connectivity index (χ0n) is 12.8. The fraction of sp³-hybridized carbons (Fsp3) is 0.647. The Labute approximate surface area is 132 Å². The van der Waals surface area contributed by atoms with Crippen molar-refractivity contribution in [2.45, 2.75) is 38.3 Å². The Kier molecular flexibility index (Phi) is 5.04. The van der Waals surface area contributed by atoms with E-state index in [0.29, 0.717) is 5.92 Å². The first-order valence-electron chi connectivity index (χ1n) is 8.03. The van der Waals surface area contributed by atoms with E-state index in [1.54, 1.807) is 0 Å². The van der Waals surface area contributed by atoms with E-state index in [-0.39, 0.29) is 0 Å². The van der Waals surface area contributed by atoms with Crippen molar-refractivity contribution in [3.8, 4) is 0 Å². The maximum Gasteiger partial charge on any atom is 0.0642 e. The van der Waals surface area contributed by atoms with Gasteiger partial charge in [0, 0.05) is 32.8 Å². The number of rotatable bonds is 6. The lowest BCUT2D eigenvalue weighted by atomic mass is 10.0. The van der Waals surface area contributed by atoms with Crippen LogP contribution in [-0.4, -0.2) is 32.8 Å². The minimum absolute atomic E-state index is 0.621. The molecule has 0 aromatic heterocycles. The van der Waals surface area contributed by atoms with E-state index in [9.17, 15) is 0 Å². The molecular formula is C17H25ClN2O. The summed E-state index contributed by atoms with van der Waals surface area (Å²) in [5.74, 6) is 0.621. The molecule has 3 nitrogen and oxygen atoms in total. The van der Waals surface area contributed by atoms with Gasteiger partial charge < -0.3 is 15.0 Å². The first-order chi connectivity index (χ1) is 10.2.